The molecule has 0 aromatic heterocycles. The van der Waals surface area contributed by atoms with E-state index in [1.54, 1.807) is 11.8 Å². The van der Waals surface area contributed by atoms with E-state index in [0.717, 1.165) is 31.4 Å². The van der Waals surface area contributed by atoms with Crippen molar-refractivity contribution in [1.82, 2.24) is 5.32 Å². The second-order valence-corrected chi connectivity index (χ2v) is 5.22. The van der Waals surface area contributed by atoms with Crippen molar-refractivity contribution in [1.29, 1.82) is 0 Å². The molecule has 0 rings (SSSR count). The average Bonchev–Trinajstić information content (AvgIpc) is 2.34. The summed E-state index contributed by atoms with van der Waals surface area (Å²) in [4.78, 5) is 0. The maximum absolute atomic E-state index is 12.6. The molecule has 0 saturated carbocycles. The second kappa shape index (κ2) is 10.2. The van der Waals surface area contributed by atoms with Crippen LogP contribution in [0.3, 0.4) is 0 Å². The lowest BCUT2D eigenvalue weighted by Crippen LogP contribution is -2.43. The summed E-state index contributed by atoms with van der Waals surface area (Å²) in [5, 5.41) is 13.5. The SMILES string of the molecule is CSCCCCCCNCC(C(N)=NO)C(F)(F)F. The number of nitrogens with one attached hydrogen (secondary N) is 1. The van der Waals surface area contributed by atoms with Gasteiger partial charge < -0.3 is 16.3 Å². The number of unbranched alkanes of at least 4 members (excludes halogenated alkanes) is 3. The predicted octanol–water partition coefficient (Wildman–Crippen LogP) is 2.42. The molecule has 0 aliphatic heterocycles. The van der Waals surface area contributed by atoms with Crippen LogP contribution >= 0.6 is 11.8 Å². The van der Waals surface area contributed by atoms with E-state index in [-0.39, 0.29) is 6.54 Å². The fourth-order valence-corrected chi connectivity index (χ4v) is 2.05. The molecule has 0 aromatic carbocycles. The van der Waals surface area contributed by atoms with Gasteiger partial charge in [0.25, 0.3) is 0 Å². The normalized spacial score (nSPS) is 14.6. The summed E-state index contributed by atoms with van der Waals surface area (Å²) in [6.45, 7) is 0.148. The lowest BCUT2D eigenvalue weighted by atomic mass is 10.1. The van der Waals surface area contributed by atoms with Gasteiger partial charge in [0, 0.05) is 6.54 Å². The zero-order valence-electron chi connectivity index (χ0n) is 11.0. The number of amidine groups is 1. The molecule has 0 heterocycles. The van der Waals surface area contributed by atoms with Crippen molar-refractivity contribution >= 4 is 17.6 Å². The highest BCUT2D eigenvalue weighted by atomic mass is 32.2. The molecule has 0 spiro atoms. The van der Waals surface area contributed by atoms with E-state index in [1.807, 2.05) is 6.26 Å². The van der Waals surface area contributed by atoms with Crippen molar-refractivity contribution in [3.8, 4) is 0 Å². The van der Waals surface area contributed by atoms with Gasteiger partial charge in [-0.2, -0.15) is 24.9 Å². The Kier molecular flexibility index (Phi) is 9.85. The molecule has 8 heteroatoms. The Morgan fingerprint density at radius 1 is 1.32 bits per heavy atom. The Morgan fingerprint density at radius 2 is 1.95 bits per heavy atom. The first-order valence-corrected chi connectivity index (χ1v) is 7.56. The molecule has 114 valence electrons. The molecular formula is C11H22F3N3OS. The number of rotatable bonds is 10. The first-order chi connectivity index (χ1) is 8.93. The highest BCUT2D eigenvalue weighted by molar-refractivity contribution is 7.98. The first-order valence-electron chi connectivity index (χ1n) is 6.17. The van der Waals surface area contributed by atoms with Gasteiger partial charge in [-0.05, 0) is 31.4 Å². The number of hydrogen-bond acceptors (Lipinski definition) is 4. The fraction of sp³-hybridized carbons (Fsp3) is 0.909. The minimum Gasteiger partial charge on any atom is -0.409 e. The van der Waals surface area contributed by atoms with Crippen LogP contribution in [0.4, 0.5) is 13.2 Å². The summed E-state index contributed by atoms with van der Waals surface area (Å²) in [7, 11) is 0. The fourth-order valence-electron chi connectivity index (χ4n) is 1.55. The van der Waals surface area contributed by atoms with Crippen LogP contribution in [0, 0.1) is 5.92 Å². The Hall–Kier alpha value is -0.630. The molecule has 0 radical (unpaired) electrons. The average molecular weight is 301 g/mol. The maximum Gasteiger partial charge on any atom is 0.400 e. The smallest absolute Gasteiger partial charge is 0.400 e. The van der Waals surface area contributed by atoms with Crippen LogP contribution < -0.4 is 11.1 Å². The van der Waals surface area contributed by atoms with E-state index < -0.39 is 17.9 Å². The van der Waals surface area contributed by atoms with E-state index in [1.165, 1.54) is 0 Å². The summed E-state index contributed by atoms with van der Waals surface area (Å²) >= 11 is 1.79. The highest BCUT2D eigenvalue weighted by Gasteiger charge is 2.42. The molecule has 0 aliphatic rings. The standard InChI is InChI=1S/C11H22F3N3OS/c1-19-7-5-3-2-4-6-16-8-9(10(15)17-18)11(12,13)14/h9,16,18H,2-8H2,1H3,(H2,15,17). The summed E-state index contributed by atoms with van der Waals surface area (Å²) < 4.78 is 37.7. The Balaban J connectivity index is 3.77. The molecule has 0 saturated heterocycles. The number of hydrogen-bond donors (Lipinski definition) is 3. The first kappa shape index (κ1) is 18.4. The molecule has 0 amide bonds. The van der Waals surface area contributed by atoms with Crippen molar-refractivity contribution < 1.29 is 18.4 Å². The van der Waals surface area contributed by atoms with Gasteiger partial charge in [-0.25, -0.2) is 0 Å². The summed E-state index contributed by atoms with van der Waals surface area (Å²) in [6, 6.07) is 0. The molecule has 1 atom stereocenters. The van der Waals surface area contributed by atoms with E-state index in [9.17, 15) is 13.2 Å². The van der Waals surface area contributed by atoms with Crippen molar-refractivity contribution in [3.63, 3.8) is 0 Å². The van der Waals surface area contributed by atoms with Crippen molar-refractivity contribution in [2.45, 2.75) is 31.9 Å². The third-order valence-corrected chi connectivity index (χ3v) is 3.37. The quantitative estimate of drug-likeness (QED) is 0.190. The third-order valence-electron chi connectivity index (χ3n) is 2.67. The van der Waals surface area contributed by atoms with Crippen LogP contribution in [0.15, 0.2) is 5.16 Å². The zero-order valence-corrected chi connectivity index (χ0v) is 11.9. The van der Waals surface area contributed by atoms with E-state index >= 15 is 0 Å². The van der Waals surface area contributed by atoms with Crippen LogP contribution in [0.25, 0.3) is 0 Å². The second-order valence-electron chi connectivity index (χ2n) is 4.23. The van der Waals surface area contributed by atoms with Crippen LogP contribution in [-0.4, -0.2) is 42.3 Å². The number of thioether (sulfide) groups is 1. The van der Waals surface area contributed by atoms with Crippen molar-refractivity contribution in [3.05, 3.63) is 0 Å². The van der Waals surface area contributed by atoms with Crippen LogP contribution in [-0.2, 0) is 0 Å². The monoisotopic (exact) mass is 301 g/mol. The largest absolute Gasteiger partial charge is 0.409 e. The van der Waals surface area contributed by atoms with Gasteiger partial charge in [-0.15, -0.1) is 0 Å². The molecule has 4 nitrogen and oxygen atoms in total. The summed E-state index contributed by atoms with van der Waals surface area (Å²) in [6.07, 6.45) is 1.60. The van der Waals surface area contributed by atoms with Crippen molar-refractivity contribution in [2.75, 3.05) is 25.1 Å². The molecule has 19 heavy (non-hydrogen) atoms. The Morgan fingerprint density at radius 3 is 2.47 bits per heavy atom. The highest BCUT2D eigenvalue weighted by Crippen LogP contribution is 2.25. The predicted molar refractivity (Wildman–Crippen MR) is 72.7 cm³/mol. The van der Waals surface area contributed by atoms with E-state index in [2.05, 4.69) is 10.5 Å². The van der Waals surface area contributed by atoms with Gasteiger partial charge in [0.1, 0.15) is 5.92 Å². The van der Waals surface area contributed by atoms with Crippen LogP contribution in [0.5, 0.6) is 0 Å². The lowest BCUT2D eigenvalue weighted by Gasteiger charge is -2.19. The van der Waals surface area contributed by atoms with Crippen LogP contribution in [0.2, 0.25) is 0 Å². The molecule has 0 fully saturated rings. The molecule has 0 aromatic rings. The third kappa shape index (κ3) is 8.99. The topological polar surface area (TPSA) is 70.6 Å². The van der Waals surface area contributed by atoms with Gasteiger partial charge in [0.15, 0.2) is 5.84 Å². The van der Waals surface area contributed by atoms with Gasteiger partial charge in [0.2, 0.25) is 0 Å². The molecule has 1 unspecified atom stereocenters. The lowest BCUT2D eigenvalue weighted by molar-refractivity contribution is -0.154. The minimum absolute atomic E-state index is 0.357. The molecular weight excluding hydrogens is 279 g/mol. The Bertz CT molecular complexity index is 262. The Labute approximate surface area is 116 Å². The number of halogens is 3. The van der Waals surface area contributed by atoms with Gasteiger partial charge in [-0.1, -0.05) is 18.0 Å². The maximum atomic E-state index is 12.6. The number of oxime groups is 1. The van der Waals surface area contributed by atoms with Gasteiger partial charge >= 0.3 is 6.18 Å². The van der Waals surface area contributed by atoms with Gasteiger partial charge in [-0.3, -0.25) is 0 Å². The van der Waals surface area contributed by atoms with Gasteiger partial charge in [0.05, 0.1) is 0 Å². The molecule has 0 aliphatic carbocycles. The van der Waals surface area contributed by atoms with Crippen molar-refractivity contribution in [2.24, 2.45) is 16.8 Å². The molecule has 4 N–H and O–H groups in total. The number of nitrogens with zero attached hydrogens (tertiary/aromatic N) is 1. The number of alkyl halides is 3. The van der Waals surface area contributed by atoms with E-state index in [4.69, 9.17) is 10.9 Å². The minimum atomic E-state index is -4.50. The van der Waals surface area contributed by atoms with Crippen LogP contribution in [0.1, 0.15) is 25.7 Å². The zero-order chi connectivity index (χ0) is 14.7. The summed E-state index contributed by atoms with van der Waals surface area (Å²) in [5.74, 6) is -1.62. The van der Waals surface area contributed by atoms with E-state index in [0.29, 0.717) is 6.54 Å². The summed E-state index contributed by atoms with van der Waals surface area (Å²) in [5.41, 5.74) is 5.04. The number of nitrogens with two attached hydrogens (primary N) is 1. The molecule has 0 bridgehead atoms.